The van der Waals surface area contributed by atoms with Crippen LogP contribution in [-0.2, 0) is 9.47 Å². The lowest BCUT2D eigenvalue weighted by Crippen LogP contribution is -2.62. The van der Waals surface area contributed by atoms with Gasteiger partial charge in [-0.15, -0.1) is 0 Å². The molecule has 0 radical (unpaired) electrons. The van der Waals surface area contributed by atoms with E-state index in [9.17, 15) is 4.79 Å². The Balaban J connectivity index is 1.24. The van der Waals surface area contributed by atoms with Crippen molar-refractivity contribution in [3.05, 3.63) is 42.1 Å². The van der Waals surface area contributed by atoms with Crippen LogP contribution in [0.1, 0.15) is 58.1 Å². The zero-order valence-corrected chi connectivity index (χ0v) is 30.7. The number of aryl methyl sites for hydroxylation is 1. The second-order valence-corrected chi connectivity index (χ2v) is 15.1. The Morgan fingerprint density at radius 3 is 2.53 bits per heavy atom. The van der Waals surface area contributed by atoms with Crippen LogP contribution in [0.4, 0.5) is 10.6 Å². The van der Waals surface area contributed by atoms with E-state index in [-0.39, 0.29) is 11.5 Å². The van der Waals surface area contributed by atoms with E-state index >= 15 is 0 Å². The molecule has 3 aliphatic heterocycles. The van der Waals surface area contributed by atoms with Gasteiger partial charge in [0.05, 0.1) is 38.1 Å². The van der Waals surface area contributed by atoms with E-state index in [1.54, 1.807) is 0 Å². The molecule has 1 N–H and O–H groups in total. The van der Waals surface area contributed by atoms with Crippen LogP contribution >= 0.6 is 0 Å². The van der Waals surface area contributed by atoms with Gasteiger partial charge >= 0.3 is 12.1 Å². The van der Waals surface area contributed by atoms with E-state index in [0.29, 0.717) is 30.5 Å². The normalized spacial score (nSPS) is 17.9. The monoisotopic (exact) mass is 697 g/mol. The molecule has 3 aliphatic rings. The summed E-state index contributed by atoms with van der Waals surface area (Å²) >= 11 is 0. The standard InChI is InChI=1S/C39H51N7O5/c1-7-27-22-28-33(34(49-8-2)32(27)31-26(3)10-11-30-29(31)23-40-43-30)41-36(50-19-9-14-44-17-20-48-21-18-44)42-35(28)45-15-12-39(13-16-45)24-46(25-39)37(47)51-38(4,5)6/h7,10-11,22-23H,1,8-9,12-21,24-25H2,2-6H3,(H,40,43). The fourth-order valence-electron chi connectivity index (χ4n) is 7.69. The van der Waals surface area contributed by atoms with Gasteiger partial charge in [-0.3, -0.25) is 10.00 Å². The highest BCUT2D eigenvalue weighted by atomic mass is 16.6. The molecule has 2 aromatic carbocycles. The van der Waals surface area contributed by atoms with E-state index in [1.807, 2.05) is 44.9 Å². The lowest BCUT2D eigenvalue weighted by Gasteiger charge is -2.53. The predicted octanol–water partition coefficient (Wildman–Crippen LogP) is 6.46. The Hall–Kier alpha value is -4.42. The number of fused-ring (bicyclic) bond motifs is 2. The first kappa shape index (κ1) is 35.0. The van der Waals surface area contributed by atoms with Gasteiger partial charge in [0.25, 0.3) is 0 Å². The quantitative estimate of drug-likeness (QED) is 0.185. The first-order valence-corrected chi connectivity index (χ1v) is 18.3. The summed E-state index contributed by atoms with van der Waals surface area (Å²) in [6.07, 6.45) is 6.27. The number of nitrogens with zero attached hydrogens (tertiary/aromatic N) is 6. The molecule has 7 rings (SSSR count). The number of likely N-dealkylation sites (tertiary alicyclic amines) is 1. The maximum atomic E-state index is 12.7. The topological polar surface area (TPSA) is 118 Å². The maximum absolute atomic E-state index is 12.7. The number of rotatable bonds is 10. The Kier molecular flexibility index (Phi) is 9.82. The number of nitrogens with one attached hydrogen (secondary N) is 1. The van der Waals surface area contributed by atoms with Crippen molar-refractivity contribution in [2.24, 2.45) is 5.41 Å². The average molecular weight is 698 g/mol. The number of benzene rings is 2. The van der Waals surface area contributed by atoms with Crippen LogP contribution < -0.4 is 14.4 Å². The Labute approximate surface area is 300 Å². The predicted molar refractivity (Wildman–Crippen MR) is 200 cm³/mol. The highest BCUT2D eigenvalue weighted by molar-refractivity contribution is 6.07. The van der Waals surface area contributed by atoms with Gasteiger partial charge in [-0.2, -0.15) is 15.1 Å². The number of hydrogen-bond donors (Lipinski definition) is 1. The molecule has 272 valence electrons. The van der Waals surface area contributed by atoms with E-state index in [1.165, 1.54) is 0 Å². The summed E-state index contributed by atoms with van der Waals surface area (Å²) in [6.45, 7) is 22.4. The third-order valence-corrected chi connectivity index (χ3v) is 10.3. The molecule has 4 aromatic rings. The number of carbonyl (C=O) groups is 1. The van der Waals surface area contributed by atoms with E-state index in [0.717, 1.165) is 123 Å². The lowest BCUT2D eigenvalue weighted by molar-refractivity contribution is -0.0434. The molecule has 3 saturated heterocycles. The van der Waals surface area contributed by atoms with E-state index in [2.05, 4.69) is 51.7 Å². The summed E-state index contributed by atoms with van der Waals surface area (Å²) in [6, 6.07) is 6.65. The number of H-pyrrole nitrogens is 1. The number of amides is 1. The molecule has 51 heavy (non-hydrogen) atoms. The van der Waals surface area contributed by atoms with E-state index < -0.39 is 5.60 Å². The molecule has 3 fully saturated rings. The highest BCUT2D eigenvalue weighted by Gasteiger charge is 2.48. The third kappa shape index (κ3) is 7.21. The molecule has 0 atom stereocenters. The summed E-state index contributed by atoms with van der Waals surface area (Å²) in [5, 5.41) is 9.39. The van der Waals surface area contributed by atoms with Gasteiger partial charge in [-0.05, 0) is 82.7 Å². The van der Waals surface area contributed by atoms with Crippen molar-refractivity contribution in [1.29, 1.82) is 0 Å². The van der Waals surface area contributed by atoms with Crippen molar-refractivity contribution in [3.63, 3.8) is 0 Å². The van der Waals surface area contributed by atoms with Crippen LogP contribution in [0.2, 0.25) is 0 Å². The van der Waals surface area contributed by atoms with Crippen molar-refractivity contribution in [2.75, 3.05) is 77.1 Å². The second kappa shape index (κ2) is 14.3. The Bertz CT molecular complexity index is 1900. The van der Waals surface area contributed by atoms with Gasteiger partial charge in [0.1, 0.15) is 16.9 Å². The van der Waals surface area contributed by atoms with Crippen LogP contribution in [0.15, 0.2) is 31.0 Å². The van der Waals surface area contributed by atoms with Gasteiger partial charge < -0.3 is 28.7 Å². The minimum absolute atomic E-state index is 0.0891. The molecule has 1 amide bonds. The highest BCUT2D eigenvalue weighted by Crippen LogP contribution is 2.47. The molecule has 0 unspecified atom stereocenters. The number of hydrogen-bond acceptors (Lipinski definition) is 10. The van der Waals surface area contributed by atoms with Crippen LogP contribution in [0.5, 0.6) is 11.8 Å². The fourth-order valence-corrected chi connectivity index (χ4v) is 7.69. The smallest absolute Gasteiger partial charge is 0.410 e. The zero-order chi connectivity index (χ0) is 35.8. The summed E-state index contributed by atoms with van der Waals surface area (Å²) in [4.78, 5) is 29.5. The molecular formula is C39H51N7O5. The molecule has 0 saturated carbocycles. The van der Waals surface area contributed by atoms with Crippen LogP contribution in [0.25, 0.3) is 39.0 Å². The molecule has 0 bridgehead atoms. The fraction of sp³-hybridized carbons (Fsp3) is 0.538. The number of ether oxygens (including phenoxy) is 4. The number of carbonyl (C=O) groups excluding carboxylic acids is 1. The van der Waals surface area contributed by atoms with Gasteiger partial charge in [0, 0.05) is 67.6 Å². The summed E-state index contributed by atoms with van der Waals surface area (Å²) in [5.41, 5.74) is 5.25. The number of morpholine rings is 1. The molecule has 0 aliphatic carbocycles. The summed E-state index contributed by atoms with van der Waals surface area (Å²) < 4.78 is 24.0. The minimum Gasteiger partial charge on any atom is -0.491 e. The van der Waals surface area contributed by atoms with Crippen LogP contribution in [0.3, 0.4) is 0 Å². The number of aromatic amines is 1. The third-order valence-electron chi connectivity index (χ3n) is 10.3. The van der Waals surface area contributed by atoms with Crippen LogP contribution in [0, 0.1) is 12.3 Å². The first-order chi connectivity index (χ1) is 24.6. The number of piperidine rings is 1. The minimum atomic E-state index is -0.506. The van der Waals surface area contributed by atoms with Gasteiger partial charge in [0.2, 0.25) is 0 Å². The SMILES string of the molecule is C=Cc1cc2c(N3CCC4(CC3)CN(C(=O)OC(C)(C)C)C4)nc(OCCCN3CCOCC3)nc2c(OCC)c1-c1c(C)ccc2[nH]ncc12. The van der Waals surface area contributed by atoms with Gasteiger partial charge in [-0.25, -0.2) is 4.79 Å². The van der Waals surface area contributed by atoms with Gasteiger partial charge in [0.15, 0.2) is 5.75 Å². The lowest BCUT2D eigenvalue weighted by atomic mass is 9.72. The first-order valence-electron chi connectivity index (χ1n) is 18.3. The summed E-state index contributed by atoms with van der Waals surface area (Å²) in [7, 11) is 0. The molecular weight excluding hydrogens is 646 g/mol. The van der Waals surface area contributed by atoms with Crippen molar-refractivity contribution >= 4 is 39.8 Å². The van der Waals surface area contributed by atoms with Gasteiger partial charge in [-0.1, -0.05) is 18.7 Å². The Morgan fingerprint density at radius 1 is 1.06 bits per heavy atom. The molecule has 1 spiro atoms. The molecule has 5 heterocycles. The summed E-state index contributed by atoms with van der Waals surface area (Å²) in [5.74, 6) is 1.51. The Morgan fingerprint density at radius 2 is 1.82 bits per heavy atom. The van der Waals surface area contributed by atoms with Crippen molar-refractivity contribution in [3.8, 4) is 22.9 Å². The van der Waals surface area contributed by atoms with Crippen molar-refractivity contribution < 1.29 is 23.7 Å². The zero-order valence-electron chi connectivity index (χ0n) is 30.7. The molecule has 12 heteroatoms. The average Bonchev–Trinajstić information content (AvgIpc) is 3.58. The van der Waals surface area contributed by atoms with Crippen LogP contribution in [-0.4, -0.2) is 114 Å². The number of anilines is 1. The second-order valence-electron chi connectivity index (χ2n) is 15.1. The molecule has 2 aromatic heterocycles. The maximum Gasteiger partial charge on any atom is 0.410 e. The van der Waals surface area contributed by atoms with Crippen molar-refractivity contribution in [2.45, 2.75) is 59.5 Å². The number of aromatic nitrogens is 4. The van der Waals surface area contributed by atoms with E-state index in [4.69, 9.17) is 28.9 Å². The largest absolute Gasteiger partial charge is 0.491 e. The molecule has 12 nitrogen and oxygen atoms in total. The van der Waals surface area contributed by atoms with Crippen molar-refractivity contribution in [1.82, 2.24) is 30.0 Å².